The molecule has 1 heterocycles. The average molecular weight is 294 g/mol. The van der Waals surface area contributed by atoms with E-state index in [1.54, 1.807) is 6.92 Å². The van der Waals surface area contributed by atoms with Crippen molar-refractivity contribution in [2.45, 2.75) is 57.7 Å². The lowest BCUT2D eigenvalue weighted by Crippen LogP contribution is -2.21. The van der Waals surface area contributed by atoms with E-state index in [0.29, 0.717) is 17.5 Å². The lowest BCUT2D eigenvalue weighted by atomic mass is 9.92. The highest BCUT2D eigenvalue weighted by atomic mass is 16.5. The number of unbranched alkanes of at least 4 members (excludes halogenated alkanes) is 2. The third kappa shape index (κ3) is 4.11. The zero-order chi connectivity index (χ0) is 15.4. The van der Waals surface area contributed by atoms with Gasteiger partial charge in [0.15, 0.2) is 0 Å². The summed E-state index contributed by atoms with van der Waals surface area (Å²) in [4.78, 5) is 11.6. The molecule has 0 radical (unpaired) electrons. The summed E-state index contributed by atoms with van der Waals surface area (Å²) in [5, 5.41) is 28.7. The normalized spacial score (nSPS) is 19.0. The molecule has 1 aliphatic heterocycles. The van der Waals surface area contributed by atoms with Crippen molar-refractivity contribution < 1.29 is 24.9 Å². The fraction of sp³-hybridized carbons (Fsp3) is 0.562. The van der Waals surface area contributed by atoms with Crippen LogP contribution in [0.2, 0.25) is 0 Å². The number of fused-ring (bicyclic) bond motifs is 1. The Balaban J connectivity index is 2.00. The first-order valence-corrected chi connectivity index (χ1v) is 7.39. The Kier molecular flexibility index (Phi) is 5.07. The van der Waals surface area contributed by atoms with Gasteiger partial charge in [-0.15, -0.1) is 0 Å². The van der Waals surface area contributed by atoms with Gasteiger partial charge in [-0.25, -0.2) is 0 Å². The van der Waals surface area contributed by atoms with E-state index in [9.17, 15) is 20.1 Å². The van der Waals surface area contributed by atoms with Gasteiger partial charge in [-0.2, -0.15) is 0 Å². The second-order valence-electron chi connectivity index (χ2n) is 5.68. The summed E-state index contributed by atoms with van der Waals surface area (Å²) < 4.78 is 5.33. The summed E-state index contributed by atoms with van der Waals surface area (Å²) >= 11 is 0. The molecule has 0 saturated carbocycles. The molecule has 1 aromatic carbocycles. The van der Waals surface area contributed by atoms with Gasteiger partial charge in [0.2, 0.25) is 0 Å². The fourth-order valence-electron chi connectivity index (χ4n) is 2.76. The minimum atomic E-state index is -0.451. The quantitative estimate of drug-likeness (QED) is 0.554. The molecule has 0 unspecified atom stereocenters. The van der Waals surface area contributed by atoms with Crippen LogP contribution in [-0.4, -0.2) is 27.4 Å². The molecule has 3 N–H and O–H groups in total. The molecule has 1 aliphatic rings. The number of phenolic OH excluding ortho intramolecular Hbond substituents is 2. The lowest BCUT2D eigenvalue weighted by molar-refractivity contribution is -0.150. The lowest BCUT2D eigenvalue weighted by Gasteiger charge is -2.26. The van der Waals surface area contributed by atoms with Crippen LogP contribution < -0.4 is 0 Å². The molecule has 0 saturated heterocycles. The van der Waals surface area contributed by atoms with Crippen molar-refractivity contribution in [3.63, 3.8) is 0 Å². The van der Waals surface area contributed by atoms with Gasteiger partial charge >= 0.3 is 5.97 Å². The van der Waals surface area contributed by atoms with E-state index in [2.05, 4.69) is 0 Å². The van der Waals surface area contributed by atoms with Crippen molar-refractivity contribution in [1.29, 1.82) is 0 Å². The van der Waals surface area contributed by atoms with Gasteiger partial charge in [0.05, 0.1) is 12.5 Å². The Morgan fingerprint density at radius 2 is 2.05 bits per heavy atom. The van der Waals surface area contributed by atoms with Crippen LogP contribution >= 0.6 is 0 Å². The minimum absolute atomic E-state index is 0.0218. The number of phenols is 2. The highest BCUT2D eigenvalue weighted by Gasteiger charge is 2.29. The van der Waals surface area contributed by atoms with Crippen molar-refractivity contribution >= 4 is 5.97 Å². The molecule has 5 nitrogen and oxygen atoms in total. The largest absolute Gasteiger partial charge is 0.508 e. The van der Waals surface area contributed by atoms with E-state index in [4.69, 9.17) is 4.74 Å². The Bertz CT molecular complexity index is 510. The molecular formula is C16H22O5. The van der Waals surface area contributed by atoms with Gasteiger partial charge in [0, 0.05) is 11.6 Å². The number of cyclic esters (lactones) is 1. The summed E-state index contributed by atoms with van der Waals surface area (Å²) in [6, 6.07) is 2.79. The number of carbonyl (C=O) groups excluding carboxylic acids is 1. The first-order chi connectivity index (χ1) is 9.97. The predicted molar refractivity (Wildman–Crippen MR) is 77.1 cm³/mol. The third-order valence-electron chi connectivity index (χ3n) is 3.75. The highest BCUT2D eigenvalue weighted by molar-refractivity contribution is 5.76. The van der Waals surface area contributed by atoms with E-state index in [0.717, 1.165) is 25.7 Å². The summed E-state index contributed by atoms with van der Waals surface area (Å²) in [5.74, 6) is -0.399. The number of hydrogen-bond donors (Lipinski definition) is 3. The Hall–Kier alpha value is -1.75. The van der Waals surface area contributed by atoms with E-state index < -0.39 is 6.10 Å². The van der Waals surface area contributed by atoms with Crippen LogP contribution in [0, 0.1) is 0 Å². The minimum Gasteiger partial charge on any atom is -0.508 e. The van der Waals surface area contributed by atoms with Crippen LogP contribution in [0.1, 0.15) is 56.3 Å². The van der Waals surface area contributed by atoms with Crippen LogP contribution in [0.4, 0.5) is 0 Å². The number of carbonyl (C=O) groups is 1. The SMILES string of the molecule is C[C@H](O)CCCCC[C@H]1OC(=O)Cc2cc(O)cc(O)c21. The van der Waals surface area contributed by atoms with Crippen LogP contribution in [0.15, 0.2) is 12.1 Å². The van der Waals surface area contributed by atoms with Gasteiger partial charge in [-0.05, 0) is 37.8 Å². The van der Waals surface area contributed by atoms with Gasteiger partial charge in [0.1, 0.15) is 17.6 Å². The summed E-state index contributed by atoms with van der Waals surface area (Å²) in [6.07, 6.45) is 3.45. The molecule has 1 aromatic rings. The number of ether oxygens (including phenoxy) is 1. The molecule has 0 spiro atoms. The average Bonchev–Trinajstić information content (AvgIpc) is 2.36. The van der Waals surface area contributed by atoms with Crippen molar-refractivity contribution in [2.75, 3.05) is 0 Å². The summed E-state index contributed by atoms with van der Waals surface area (Å²) in [6.45, 7) is 1.77. The number of aliphatic hydroxyl groups excluding tert-OH is 1. The molecule has 0 aliphatic carbocycles. The van der Waals surface area contributed by atoms with Crippen molar-refractivity contribution in [3.8, 4) is 11.5 Å². The van der Waals surface area contributed by atoms with E-state index in [1.165, 1.54) is 12.1 Å². The van der Waals surface area contributed by atoms with Gasteiger partial charge in [-0.1, -0.05) is 12.8 Å². The first-order valence-electron chi connectivity index (χ1n) is 7.39. The Morgan fingerprint density at radius 3 is 2.76 bits per heavy atom. The van der Waals surface area contributed by atoms with Crippen LogP contribution in [0.25, 0.3) is 0 Å². The van der Waals surface area contributed by atoms with Crippen molar-refractivity contribution in [3.05, 3.63) is 23.3 Å². The topological polar surface area (TPSA) is 87.0 Å². The van der Waals surface area contributed by atoms with E-state index in [1.807, 2.05) is 0 Å². The molecule has 0 amide bonds. The molecule has 0 fully saturated rings. The highest BCUT2D eigenvalue weighted by Crippen LogP contribution is 2.39. The predicted octanol–water partition coefficient (Wildman–Crippen LogP) is 2.57. The number of hydrogen-bond acceptors (Lipinski definition) is 5. The number of benzene rings is 1. The zero-order valence-corrected chi connectivity index (χ0v) is 12.2. The number of esters is 1. The first kappa shape index (κ1) is 15.6. The maximum Gasteiger partial charge on any atom is 0.310 e. The molecule has 0 aromatic heterocycles. The Morgan fingerprint density at radius 1 is 1.29 bits per heavy atom. The number of aliphatic hydroxyl groups is 1. The molecule has 2 atom stereocenters. The fourth-order valence-corrected chi connectivity index (χ4v) is 2.76. The second-order valence-corrected chi connectivity index (χ2v) is 5.68. The molecular weight excluding hydrogens is 272 g/mol. The van der Waals surface area contributed by atoms with Gasteiger partial charge in [0.25, 0.3) is 0 Å². The van der Waals surface area contributed by atoms with Crippen LogP contribution in [0.3, 0.4) is 0 Å². The second kappa shape index (κ2) is 6.80. The maximum atomic E-state index is 11.6. The molecule has 116 valence electrons. The molecule has 2 rings (SSSR count). The van der Waals surface area contributed by atoms with Crippen molar-refractivity contribution in [2.24, 2.45) is 0 Å². The van der Waals surface area contributed by atoms with E-state index >= 15 is 0 Å². The van der Waals surface area contributed by atoms with Crippen LogP contribution in [0.5, 0.6) is 11.5 Å². The third-order valence-corrected chi connectivity index (χ3v) is 3.75. The zero-order valence-electron chi connectivity index (χ0n) is 12.2. The molecule has 5 heteroatoms. The maximum absolute atomic E-state index is 11.6. The number of rotatable bonds is 6. The molecule has 21 heavy (non-hydrogen) atoms. The molecule has 0 bridgehead atoms. The van der Waals surface area contributed by atoms with Crippen LogP contribution in [-0.2, 0) is 16.0 Å². The summed E-state index contributed by atoms with van der Waals surface area (Å²) in [7, 11) is 0. The van der Waals surface area contributed by atoms with Crippen molar-refractivity contribution in [1.82, 2.24) is 0 Å². The van der Waals surface area contributed by atoms with E-state index in [-0.39, 0.29) is 30.0 Å². The number of aromatic hydroxyl groups is 2. The summed E-state index contributed by atoms with van der Waals surface area (Å²) in [5.41, 5.74) is 1.25. The Labute approximate surface area is 124 Å². The van der Waals surface area contributed by atoms with Gasteiger partial charge in [-0.3, -0.25) is 4.79 Å². The van der Waals surface area contributed by atoms with Gasteiger partial charge < -0.3 is 20.1 Å². The smallest absolute Gasteiger partial charge is 0.310 e. The monoisotopic (exact) mass is 294 g/mol. The standard InChI is InChI=1S/C16H22O5/c1-10(17)5-3-2-4-6-14-16-11(8-15(20)21-14)7-12(18)9-13(16)19/h7,9-10,14,17-19H,2-6,8H2,1H3/t10-,14+/m0/s1.